The summed E-state index contributed by atoms with van der Waals surface area (Å²) in [4.78, 5) is 16.8. The van der Waals surface area contributed by atoms with Crippen molar-refractivity contribution in [2.45, 2.75) is 75.8 Å². The number of aromatic nitrogens is 4. The lowest BCUT2D eigenvalue weighted by Gasteiger charge is -2.43. The van der Waals surface area contributed by atoms with Gasteiger partial charge in [-0.3, -0.25) is 14.5 Å². The maximum atomic E-state index is 17.7. The number of terminal acetylenes is 1. The van der Waals surface area contributed by atoms with Crippen molar-refractivity contribution in [3.05, 3.63) is 47.7 Å². The van der Waals surface area contributed by atoms with E-state index in [4.69, 9.17) is 26.2 Å². The summed E-state index contributed by atoms with van der Waals surface area (Å²) in [6.45, 7) is 7.49. The molecular formula is C39H40F3N7O2. The average molecular weight is 696 g/mol. The molecule has 12 heteroatoms. The molecule has 9 nitrogen and oxygen atoms in total. The standard InChI is InChI=1S/C39H40F3N7O2/c1-5-27-30(41)10-7-22-13-26(50)14-28(31(22)27)32-34(42)36-33(29-19-46(4)45-35(29)32)37(49-24-8-9-25(49)18-47(17-24)21(2)3)44-38(43-36)51-20-39-11-6-12-48(39)16-23(40)15-39/h1,7,10,13-14,19,21,23-25,50H,6,8-9,11-12,15-18,20H2,2-4H3/t23-,24-,25+,39+/m1/s1. The SMILES string of the molecule is C#Cc1c(F)ccc2cc(O)cc(-c3c(F)c4nc(OC[C@@]56CCCN5C[C@H](F)C6)nc(N5[C@@H]6CC[C@H]5CN(C(C)C)C6)c4c4cn(C)nc34)c12. The molecule has 6 heterocycles. The van der Waals surface area contributed by atoms with Crippen LogP contribution in [0, 0.1) is 24.0 Å². The number of alkyl halides is 1. The third-order valence-corrected chi connectivity index (χ3v) is 11.8. The number of piperazine rings is 1. The lowest BCUT2D eigenvalue weighted by molar-refractivity contribution is 0.107. The number of phenols is 1. The molecule has 5 aromatic rings. The first-order valence-corrected chi connectivity index (χ1v) is 17.9. The van der Waals surface area contributed by atoms with Crippen molar-refractivity contribution in [3.8, 4) is 35.2 Å². The van der Waals surface area contributed by atoms with Crippen LogP contribution in [0.15, 0.2) is 30.5 Å². The zero-order valence-corrected chi connectivity index (χ0v) is 29.0. The Morgan fingerprint density at radius 1 is 1.08 bits per heavy atom. The first-order valence-electron chi connectivity index (χ1n) is 17.9. The van der Waals surface area contributed by atoms with Gasteiger partial charge in [0, 0.05) is 73.8 Å². The van der Waals surface area contributed by atoms with Crippen LogP contribution < -0.4 is 9.64 Å². The maximum Gasteiger partial charge on any atom is 0.319 e. The molecule has 9 rings (SSSR count). The Kier molecular flexibility index (Phi) is 7.42. The zero-order chi connectivity index (χ0) is 35.3. The van der Waals surface area contributed by atoms with Gasteiger partial charge in [-0.05, 0) is 75.2 Å². The molecule has 0 radical (unpaired) electrons. The fourth-order valence-electron chi connectivity index (χ4n) is 9.53. The summed E-state index contributed by atoms with van der Waals surface area (Å²) in [5, 5.41) is 17.5. The van der Waals surface area contributed by atoms with Crippen LogP contribution in [0.1, 0.15) is 51.5 Å². The number of aryl methyl sites for hydroxylation is 1. The molecule has 4 aliphatic heterocycles. The number of hydrogen-bond acceptors (Lipinski definition) is 8. The number of hydrogen-bond donors (Lipinski definition) is 1. The van der Waals surface area contributed by atoms with Crippen molar-refractivity contribution in [1.29, 1.82) is 0 Å². The van der Waals surface area contributed by atoms with Gasteiger partial charge in [-0.2, -0.15) is 15.1 Å². The highest BCUT2D eigenvalue weighted by Crippen LogP contribution is 2.47. The minimum absolute atomic E-state index is 0.0240. The van der Waals surface area contributed by atoms with Crippen molar-refractivity contribution in [2.24, 2.45) is 7.05 Å². The van der Waals surface area contributed by atoms with E-state index in [0.717, 1.165) is 45.3 Å². The Balaban J connectivity index is 1.30. The van der Waals surface area contributed by atoms with E-state index < -0.39 is 23.3 Å². The third kappa shape index (κ3) is 4.95. The molecule has 0 saturated carbocycles. The highest BCUT2D eigenvalue weighted by atomic mass is 19.1. The molecule has 2 bridgehead atoms. The summed E-state index contributed by atoms with van der Waals surface area (Å²) in [5.41, 5.74) is 0.0968. The summed E-state index contributed by atoms with van der Waals surface area (Å²) in [7, 11) is 1.76. The minimum atomic E-state index is -0.927. The first-order chi connectivity index (χ1) is 24.5. The van der Waals surface area contributed by atoms with Crippen molar-refractivity contribution in [3.63, 3.8) is 0 Å². The molecule has 4 saturated heterocycles. The van der Waals surface area contributed by atoms with Gasteiger partial charge in [0.2, 0.25) is 0 Å². The average Bonchev–Trinajstić information content (AvgIpc) is 3.82. The van der Waals surface area contributed by atoms with Crippen molar-refractivity contribution in [2.75, 3.05) is 37.7 Å². The van der Waals surface area contributed by atoms with E-state index in [1.807, 2.05) is 6.20 Å². The van der Waals surface area contributed by atoms with Crippen LogP contribution in [-0.2, 0) is 7.05 Å². The number of nitrogens with zero attached hydrogens (tertiary/aromatic N) is 7. The van der Waals surface area contributed by atoms with E-state index in [1.165, 1.54) is 24.3 Å². The molecule has 0 amide bonds. The zero-order valence-electron chi connectivity index (χ0n) is 29.0. The van der Waals surface area contributed by atoms with Crippen molar-refractivity contribution < 1.29 is 23.0 Å². The second-order valence-corrected chi connectivity index (χ2v) is 15.2. The smallest absolute Gasteiger partial charge is 0.319 e. The monoisotopic (exact) mass is 695 g/mol. The van der Waals surface area contributed by atoms with Gasteiger partial charge in [0.15, 0.2) is 5.82 Å². The second-order valence-electron chi connectivity index (χ2n) is 15.2. The molecule has 264 valence electrons. The van der Waals surface area contributed by atoms with Crippen LogP contribution in [0.4, 0.5) is 19.0 Å². The van der Waals surface area contributed by atoms with E-state index in [2.05, 4.69) is 34.5 Å². The van der Waals surface area contributed by atoms with Gasteiger partial charge in [-0.25, -0.2) is 13.2 Å². The van der Waals surface area contributed by atoms with Gasteiger partial charge >= 0.3 is 6.01 Å². The molecule has 51 heavy (non-hydrogen) atoms. The van der Waals surface area contributed by atoms with Crippen LogP contribution in [0.3, 0.4) is 0 Å². The summed E-state index contributed by atoms with van der Waals surface area (Å²) in [6, 6.07) is 6.33. The Morgan fingerprint density at radius 2 is 1.86 bits per heavy atom. The highest BCUT2D eigenvalue weighted by molar-refractivity contribution is 6.18. The largest absolute Gasteiger partial charge is 0.508 e. The van der Waals surface area contributed by atoms with Crippen LogP contribution in [0.25, 0.3) is 43.7 Å². The lowest BCUT2D eigenvalue weighted by atomic mass is 9.91. The molecule has 0 aliphatic carbocycles. The quantitative estimate of drug-likeness (QED) is 0.207. The number of anilines is 1. The van der Waals surface area contributed by atoms with Crippen LogP contribution in [0.5, 0.6) is 11.8 Å². The lowest BCUT2D eigenvalue weighted by Crippen LogP contribution is -2.56. The number of halogens is 3. The van der Waals surface area contributed by atoms with E-state index in [1.54, 1.807) is 11.7 Å². The number of benzene rings is 3. The van der Waals surface area contributed by atoms with Gasteiger partial charge in [0.25, 0.3) is 0 Å². The van der Waals surface area contributed by atoms with E-state index in [9.17, 15) is 9.50 Å². The van der Waals surface area contributed by atoms with Gasteiger partial charge in [0.1, 0.15) is 41.2 Å². The molecule has 1 N–H and O–H groups in total. The number of aromatic hydroxyl groups is 1. The predicted molar refractivity (Wildman–Crippen MR) is 191 cm³/mol. The molecule has 0 spiro atoms. The number of ether oxygens (including phenoxy) is 1. The maximum absolute atomic E-state index is 17.7. The van der Waals surface area contributed by atoms with Crippen molar-refractivity contribution in [1.82, 2.24) is 29.5 Å². The Hall–Kier alpha value is -4.60. The molecule has 2 aromatic heterocycles. The van der Waals surface area contributed by atoms with E-state index in [0.29, 0.717) is 46.5 Å². The van der Waals surface area contributed by atoms with Crippen LogP contribution >= 0.6 is 0 Å². The molecular weight excluding hydrogens is 655 g/mol. The van der Waals surface area contributed by atoms with Gasteiger partial charge in [-0.15, -0.1) is 6.42 Å². The Bertz CT molecular complexity index is 2270. The fourth-order valence-corrected chi connectivity index (χ4v) is 9.53. The van der Waals surface area contributed by atoms with Gasteiger partial charge in [-0.1, -0.05) is 12.0 Å². The van der Waals surface area contributed by atoms with E-state index in [-0.39, 0.29) is 58.0 Å². The minimum Gasteiger partial charge on any atom is -0.508 e. The molecule has 3 aromatic carbocycles. The Morgan fingerprint density at radius 3 is 2.61 bits per heavy atom. The summed E-state index contributed by atoms with van der Waals surface area (Å²) >= 11 is 0. The molecule has 4 atom stereocenters. The van der Waals surface area contributed by atoms with Crippen LogP contribution in [0.2, 0.25) is 0 Å². The summed E-state index contributed by atoms with van der Waals surface area (Å²) in [5.74, 6) is 1.55. The van der Waals surface area contributed by atoms with Crippen LogP contribution in [-0.4, -0.2) is 97.3 Å². The topological polar surface area (TPSA) is 82.8 Å². The number of likely N-dealkylation sites (tertiary alicyclic amines) is 1. The van der Waals surface area contributed by atoms with Gasteiger partial charge in [0.05, 0.1) is 16.5 Å². The fraction of sp³-hybridized carbons (Fsp3) is 0.462. The normalized spacial score (nSPS) is 25.1. The summed E-state index contributed by atoms with van der Waals surface area (Å²) < 4.78 is 55.6. The number of phenolic OH excluding ortho intramolecular Hbond substituents is 1. The molecule has 0 unspecified atom stereocenters. The first kappa shape index (κ1) is 32.3. The third-order valence-electron chi connectivity index (χ3n) is 11.8. The second kappa shape index (κ2) is 11.7. The predicted octanol–water partition coefficient (Wildman–Crippen LogP) is 6.32. The summed E-state index contributed by atoms with van der Waals surface area (Å²) in [6.07, 6.45) is 10.8. The highest BCUT2D eigenvalue weighted by Gasteiger charge is 2.50. The Labute approximate surface area is 294 Å². The van der Waals surface area contributed by atoms with Gasteiger partial charge < -0.3 is 14.7 Å². The molecule has 4 fully saturated rings. The molecule has 4 aliphatic rings. The van der Waals surface area contributed by atoms with E-state index >= 15 is 8.78 Å². The number of rotatable bonds is 6. The van der Waals surface area contributed by atoms with Crippen molar-refractivity contribution >= 4 is 38.4 Å². The number of fused-ring (bicyclic) bond motifs is 7.